The lowest BCUT2D eigenvalue weighted by molar-refractivity contribution is 0.455. The quantitative estimate of drug-likeness (QED) is 0.866. The Hall–Kier alpha value is -1.87. The number of nitrogens with zero attached hydrogens (tertiary/aromatic N) is 1. The monoisotopic (exact) mass is 242 g/mol. The number of hydrogen-bond acceptors (Lipinski definition) is 3. The fourth-order valence-corrected chi connectivity index (χ4v) is 1.86. The van der Waals surface area contributed by atoms with Crippen LogP contribution in [0.1, 0.15) is 29.8 Å². The molecule has 1 aromatic heterocycles. The SMILES string of the molecule is Cc1cccc(CN[C@H](C)c2ccccn2)c1O. The predicted octanol–water partition coefficient (Wildman–Crippen LogP) is 2.95. The van der Waals surface area contributed by atoms with Crippen molar-refractivity contribution in [3.05, 3.63) is 59.4 Å². The summed E-state index contributed by atoms with van der Waals surface area (Å²) in [7, 11) is 0. The minimum Gasteiger partial charge on any atom is -0.507 e. The number of para-hydroxylation sites is 1. The number of aromatic nitrogens is 1. The first-order valence-corrected chi connectivity index (χ1v) is 6.10. The van der Waals surface area contributed by atoms with Crippen molar-refractivity contribution >= 4 is 0 Å². The van der Waals surface area contributed by atoms with Gasteiger partial charge in [0.15, 0.2) is 0 Å². The van der Waals surface area contributed by atoms with E-state index < -0.39 is 0 Å². The Bertz CT molecular complexity index is 511. The Morgan fingerprint density at radius 2 is 2.06 bits per heavy atom. The maximum atomic E-state index is 9.93. The Morgan fingerprint density at radius 1 is 1.22 bits per heavy atom. The molecule has 0 unspecified atom stereocenters. The highest BCUT2D eigenvalue weighted by molar-refractivity contribution is 5.39. The highest BCUT2D eigenvalue weighted by Gasteiger charge is 2.08. The molecule has 0 bridgehead atoms. The molecule has 0 aliphatic heterocycles. The number of nitrogens with one attached hydrogen (secondary N) is 1. The van der Waals surface area contributed by atoms with E-state index in [1.54, 1.807) is 6.20 Å². The summed E-state index contributed by atoms with van der Waals surface area (Å²) in [5.74, 6) is 0.373. The molecule has 1 atom stereocenters. The van der Waals surface area contributed by atoms with Crippen molar-refractivity contribution in [2.24, 2.45) is 0 Å². The zero-order valence-electron chi connectivity index (χ0n) is 10.7. The lowest BCUT2D eigenvalue weighted by atomic mass is 10.1. The van der Waals surface area contributed by atoms with Gasteiger partial charge in [-0.1, -0.05) is 24.3 Å². The van der Waals surface area contributed by atoms with Crippen LogP contribution >= 0.6 is 0 Å². The van der Waals surface area contributed by atoms with E-state index in [1.165, 1.54) is 0 Å². The average Bonchev–Trinajstić information content (AvgIpc) is 2.41. The summed E-state index contributed by atoms with van der Waals surface area (Å²) in [5, 5.41) is 13.3. The number of rotatable bonds is 4. The van der Waals surface area contributed by atoms with Crippen LogP contribution in [0.2, 0.25) is 0 Å². The van der Waals surface area contributed by atoms with Gasteiger partial charge in [-0.25, -0.2) is 0 Å². The first kappa shape index (κ1) is 12.6. The molecule has 1 aromatic carbocycles. The largest absolute Gasteiger partial charge is 0.507 e. The van der Waals surface area contributed by atoms with E-state index in [2.05, 4.69) is 17.2 Å². The highest BCUT2D eigenvalue weighted by atomic mass is 16.3. The van der Waals surface area contributed by atoms with Gasteiger partial charge in [0, 0.05) is 24.3 Å². The summed E-state index contributed by atoms with van der Waals surface area (Å²) in [4.78, 5) is 4.31. The summed E-state index contributed by atoms with van der Waals surface area (Å²) < 4.78 is 0. The van der Waals surface area contributed by atoms with Gasteiger partial charge in [-0.2, -0.15) is 0 Å². The van der Waals surface area contributed by atoms with Crippen molar-refractivity contribution in [2.45, 2.75) is 26.4 Å². The summed E-state index contributed by atoms with van der Waals surface area (Å²) in [5.41, 5.74) is 2.82. The number of phenolic OH excluding ortho intramolecular Hbond substituents is 1. The number of aromatic hydroxyl groups is 1. The van der Waals surface area contributed by atoms with Crippen molar-refractivity contribution in [1.82, 2.24) is 10.3 Å². The van der Waals surface area contributed by atoms with Crippen LogP contribution in [-0.2, 0) is 6.54 Å². The number of aryl methyl sites for hydroxylation is 1. The first-order chi connectivity index (χ1) is 8.68. The van der Waals surface area contributed by atoms with Gasteiger partial charge >= 0.3 is 0 Å². The summed E-state index contributed by atoms with van der Waals surface area (Å²) >= 11 is 0. The second-order valence-corrected chi connectivity index (χ2v) is 4.44. The maximum Gasteiger partial charge on any atom is 0.122 e. The van der Waals surface area contributed by atoms with E-state index in [9.17, 15) is 5.11 Å². The third-order valence-corrected chi connectivity index (χ3v) is 3.05. The minimum absolute atomic E-state index is 0.158. The van der Waals surface area contributed by atoms with Crippen LogP contribution in [0.3, 0.4) is 0 Å². The van der Waals surface area contributed by atoms with Gasteiger partial charge < -0.3 is 10.4 Å². The Kier molecular flexibility index (Phi) is 3.95. The van der Waals surface area contributed by atoms with Crippen LogP contribution in [0.4, 0.5) is 0 Å². The van der Waals surface area contributed by atoms with E-state index in [1.807, 2.05) is 43.3 Å². The standard InChI is InChI=1S/C15H18N2O/c1-11-6-5-7-13(15(11)18)10-17-12(2)14-8-3-4-9-16-14/h3-9,12,17-18H,10H2,1-2H3/t12-/m1/s1. The van der Waals surface area contributed by atoms with Crippen molar-refractivity contribution in [1.29, 1.82) is 0 Å². The number of hydrogen-bond donors (Lipinski definition) is 2. The van der Waals surface area contributed by atoms with Crippen LogP contribution in [-0.4, -0.2) is 10.1 Å². The second-order valence-electron chi connectivity index (χ2n) is 4.44. The van der Waals surface area contributed by atoms with E-state index in [4.69, 9.17) is 0 Å². The zero-order chi connectivity index (χ0) is 13.0. The lowest BCUT2D eigenvalue weighted by Gasteiger charge is -2.14. The number of benzene rings is 1. The summed E-state index contributed by atoms with van der Waals surface area (Å²) in [6.07, 6.45) is 1.79. The number of pyridine rings is 1. The summed E-state index contributed by atoms with van der Waals surface area (Å²) in [6.45, 7) is 4.60. The van der Waals surface area contributed by atoms with Crippen LogP contribution in [0.25, 0.3) is 0 Å². The molecular formula is C15H18N2O. The molecule has 94 valence electrons. The van der Waals surface area contributed by atoms with E-state index in [0.717, 1.165) is 16.8 Å². The third-order valence-electron chi connectivity index (χ3n) is 3.05. The lowest BCUT2D eigenvalue weighted by Crippen LogP contribution is -2.19. The molecule has 0 saturated carbocycles. The average molecular weight is 242 g/mol. The van der Waals surface area contributed by atoms with Gasteiger partial charge in [-0.15, -0.1) is 0 Å². The molecule has 0 aliphatic rings. The normalized spacial score (nSPS) is 12.3. The fourth-order valence-electron chi connectivity index (χ4n) is 1.86. The Labute approximate surface area is 108 Å². The molecule has 0 amide bonds. The van der Waals surface area contributed by atoms with Crippen molar-refractivity contribution in [3.8, 4) is 5.75 Å². The van der Waals surface area contributed by atoms with Crippen LogP contribution in [0.5, 0.6) is 5.75 Å². The minimum atomic E-state index is 0.158. The zero-order valence-corrected chi connectivity index (χ0v) is 10.7. The highest BCUT2D eigenvalue weighted by Crippen LogP contribution is 2.21. The Balaban J connectivity index is 2.02. The van der Waals surface area contributed by atoms with E-state index >= 15 is 0 Å². The molecule has 18 heavy (non-hydrogen) atoms. The van der Waals surface area contributed by atoms with Gasteiger partial charge in [0.2, 0.25) is 0 Å². The van der Waals surface area contributed by atoms with Crippen LogP contribution in [0.15, 0.2) is 42.6 Å². The van der Waals surface area contributed by atoms with Crippen molar-refractivity contribution in [3.63, 3.8) is 0 Å². The van der Waals surface area contributed by atoms with Gasteiger partial charge in [0.25, 0.3) is 0 Å². The van der Waals surface area contributed by atoms with Crippen molar-refractivity contribution in [2.75, 3.05) is 0 Å². The summed E-state index contributed by atoms with van der Waals surface area (Å²) in [6, 6.07) is 11.8. The second kappa shape index (κ2) is 5.65. The molecule has 0 aliphatic carbocycles. The molecule has 0 saturated heterocycles. The fraction of sp³-hybridized carbons (Fsp3) is 0.267. The van der Waals surface area contributed by atoms with Gasteiger partial charge in [-0.3, -0.25) is 4.98 Å². The molecule has 0 fully saturated rings. The van der Waals surface area contributed by atoms with Gasteiger partial charge in [0.05, 0.1) is 5.69 Å². The predicted molar refractivity (Wildman–Crippen MR) is 72.3 cm³/mol. The maximum absolute atomic E-state index is 9.93. The molecule has 2 N–H and O–H groups in total. The molecular weight excluding hydrogens is 224 g/mol. The van der Waals surface area contributed by atoms with Gasteiger partial charge in [0.1, 0.15) is 5.75 Å². The van der Waals surface area contributed by atoms with Crippen molar-refractivity contribution < 1.29 is 5.11 Å². The third kappa shape index (κ3) is 2.87. The molecule has 3 nitrogen and oxygen atoms in total. The Morgan fingerprint density at radius 3 is 2.78 bits per heavy atom. The smallest absolute Gasteiger partial charge is 0.122 e. The molecule has 3 heteroatoms. The van der Waals surface area contributed by atoms with Gasteiger partial charge in [-0.05, 0) is 31.5 Å². The first-order valence-electron chi connectivity index (χ1n) is 6.10. The van der Waals surface area contributed by atoms with E-state index in [-0.39, 0.29) is 6.04 Å². The molecule has 2 aromatic rings. The molecule has 0 radical (unpaired) electrons. The molecule has 1 heterocycles. The van der Waals surface area contributed by atoms with Crippen LogP contribution in [0, 0.1) is 6.92 Å². The van der Waals surface area contributed by atoms with Crippen LogP contribution < -0.4 is 5.32 Å². The van der Waals surface area contributed by atoms with E-state index in [0.29, 0.717) is 12.3 Å². The molecule has 0 spiro atoms. The molecule has 2 rings (SSSR count). The number of phenols is 1. The topological polar surface area (TPSA) is 45.2 Å².